The zero-order valence-corrected chi connectivity index (χ0v) is 8.18. The molecule has 0 aliphatic carbocycles. The zero-order valence-electron chi connectivity index (χ0n) is 8.18. The molecule has 2 nitrogen and oxygen atoms in total. The maximum absolute atomic E-state index is 5.38. The lowest BCUT2D eigenvalue weighted by Gasteiger charge is -2.13. The predicted molar refractivity (Wildman–Crippen MR) is 48.8 cm³/mol. The molecule has 0 aromatic carbocycles. The van der Waals surface area contributed by atoms with E-state index in [0.29, 0.717) is 12.1 Å². The van der Waals surface area contributed by atoms with Crippen LogP contribution in [0.3, 0.4) is 0 Å². The van der Waals surface area contributed by atoms with E-state index in [0.717, 1.165) is 19.6 Å². The number of ether oxygens (including phenoxy) is 1. The van der Waals surface area contributed by atoms with Crippen molar-refractivity contribution >= 4 is 0 Å². The Morgan fingerprint density at radius 3 is 2.36 bits per heavy atom. The highest BCUT2D eigenvalue weighted by atomic mass is 16.5. The van der Waals surface area contributed by atoms with Gasteiger partial charge in [0.25, 0.3) is 0 Å². The van der Waals surface area contributed by atoms with E-state index in [1.807, 2.05) is 6.92 Å². The van der Waals surface area contributed by atoms with Gasteiger partial charge in [0.15, 0.2) is 0 Å². The summed E-state index contributed by atoms with van der Waals surface area (Å²) in [5.41, 5.74) is 0. The molecule has 0 radical (unpaired) electrons. The third kappa shape index (κ3) is 7.82. The van der Waals surface area contributed by atoms with Gasteiger partial charge < -0.3 is 10.1 Å². The molecule has 0 saturated heterocycles. The molecule has 0 heterocycles. The highest BCUT2D eigenvalue weighted by Crippen LogP contribution is 1.95. The number of rotatable bonds is 6. The molecule has 0 saturated carbocycles. The number of nitrogens with one attached hydrogen (secondary N) is 1. The summed E-state index contributed by atoms with van der Waals surface area (Å²) in [6.45, 7) is 10.3. The Labute approximate surface area is 70.3 Å². The van der Waals surface area contributed by atoms with Crippen molar-refractivity contribution in [1.29, 1.82) is 0 Å². The molecule has 1 atom stereocenters. The predicted octanol–water partition coefficient (Wildman–Crippen LogP) is 1.80. The van der Waals surface area contributed by atoms with Crippen LogP contribution in [-0.4, -0.2) is 25.3 Å². The molecule has 11 heavy (non-hydrogen) atoms. The van der Waals surface area contributed by atoms with Crippen LogP contribution in [0.5, 0.6) is 0 Å². The van der Waals surface area contributed by atoms with Crippen molar-refractivity contribution in [2.24, 2.45) is 0 Å². The summed E-state index contributed by atoms with van der Waals surface area (Å²) >= 11 is 0. The molecule has 0 aliphatic rings. The largest absolute Gasteiger partial charge is 0.379 e. The van der Waals surface area contributed by atoms with Crippen LogP contribution >= 0.6 is 0 Å². The first kappa shape index (κ1) is 10.9. The first-order valence-electron chi connectivity index (χ1n) is 4.51. The average molecular weight is 159 g/mol. The summed E-state index contributed by atoms with van der Waals surface area (Å²) in [6, 6.07) is 0.587. The first-order chi connectivity index (χ1) is 5.16. The Morgan fingerprint density at radius 2 is 1.91 bits per heavy atom. The second kappa shape index (κ2) is 6.62. The summed E-state index contributed by atoms with van der Waals surface area (Å²) in [5, 5.41) is 3.35. The molecule has 2 heteroatoms. The van der Waals surface area contributed by atoms with E-state index in [4.69, 9.17) is 4.74 Å². The van der Waals surface area contributed by atoms with Crippen molar-refractivity contribution in [3.63, 3.8) is 0 Å². The smallest absolute Gasteiger partial charge is 0.0558 e. The van der Waals surface area contributed by atoms with E-state index in [-0.39, 0.29) is 0 Å². The van der Waals surface area contributed by atoms with Crippen LogP contribution in [0, 0.1) is 0 Å². The molecule has 68 valence electrons. The lowest BCUT2D eigenvalue weighted by molar-refractivity contribution is 0.0701. The quantitative estimate of drug-likeness (QED) is 0.638. The van der Waals surface area contributed by atoms with Crippen LogP contribution in [0.25, 0.3) is 0 Å². The normalized spacial score (nSPS) is 13.9. The minimum Gasteiger partial charge on any atom is -0.379 e. The summed E-state index contributed by atoms with van der Waals surface area (Å²) < 4.78 is 5.38. The summed E-state index contributed by atoms with van der Waals surface area (Å²) in [7, 11) is 0. The van der Waals surface area contributed by atoms with Gasteiger partial charge in [0.2, 0.25) is 0 Å². The third-order valence-corrected chi connectivity index (χ3v) is 1.55. The van der Waals surface area contributed by atoms with Crippen LogP contribution < -0.4 is 5.32 Å². The lowest BCUT2D eigenvalue weighted by Crippen LogP contribution is -2.26. The SMILES string of the molecule is CCOC(C)CCNC(C)C. The van der Waals surface area contributed by atoms with Gasteiger partial charge in [-0.1, -0.05) is 13.8 Å². The Morgan fingerprint density at radius 1 is 1.27 bits per heavy atom. The van der Waals surface area contributed by atoms with E-state index in [9.17, 15) is 0 Å². The fraction of sp³-hybridized carbons (Fsp3) is 1.00. The second-order valence-electron chi connectivity index (χ2n) is 3.16. The van der Waals surface area contributed by atoms with E-state index in [1.165, 1.54) is 0 Å². The van der Waals surface area contributed by atoms with Gasteiger partial charge in [0.05, 0.1) is 6.10 Å². The first-order valence-corrected chi connectivity index (χ1v) is 4.51. The Kier molecular flexibility index (Phi) is 6.57. The number of hydrogen-bond donors (Lipinski definition) is 1. The Hall–Kier alpha value is -0.0800. The van der Waals surface area contributed by atoms with E-state index in [1.54, 1.807) is 0 Å². The standard InChI is InChI=1S/C9H21NO/c1-5-11-9(4)6-7-10-8(2)3/h8-10H,5-7H2,1-4H3. The highest BCUT2D eigenvalue weighted by molar-refractivity contribution is 4.56. The van der Waals surface area contributed by atoms with Crippen molar-refractivity contribution < 1.29 is 4.74 Å². The molecule has 0 spiro atoms. The van der Waals surface area contributed by atoms with Gasteiger partial charge in [0.1, 0.15) is 0 Å². The fourth-order valence-corrected chi connectivity index (χ4v) is 0.943. The fourth-order valence-electron chi connectivity index (χ4n) is 0.943. The number of hydrogen-bond acceptors (Lipinski definition) is 2. The maximum Gasteiger partial charge on any atom is 0.0558 e. The minimum atomic E-state index is 0.395. The van der Waals surface area contributed by atoms with Crippen LogP contribution in [0.1, 0.15) is 34.1 Å². The Balaban J connectivity index is 3.10. The van der Waals surface area contributed by atoms with Gasteiger partial charge in [-0.05, 0) is 26.8 Å². The van der Waals surface area contributed by atoms with Gasteiger partial charge in [-0.3, -0.25) is 0 Å². The molecular formula is C9H21NO. The average Bonchev–Trinajstić information content (AvgIpc) is 1.87. The maximum atomic E-state index is 5.38. The molecule has 0 aromatic rings. The molecule has 1 N–H and O–H groups in total. The van der Waals surface area contributed by atoms with Gasteiger partial charge in [-0.25, -0.2) is 0 Å². The van der Waals surface area contributed by atoms with Crippen molar-refractivity contribution in [2.45, 2.75) is 46.3 Å². The molecule has 0 aliphatic heterocycles. The van der Waals surface area contributed by atoms with Crippen LogP contribution in [0.15, 0.2) is 0 Å². The van der Waals surface area contributed by atoms with Crippen molar-refractivity contribution in [1.82, 2.24) is 5.32 Å². The molecular weight excluding hydrogens is 138 g/mol. The van der Waals surface area contributed by atoms with Gasteiger partial charge in [-0.2, -0.15) is 0 Å². The summed E-state index contributed by atoms with van der Waals surface area (Å²) in [6.07, 6.45) is 1.50. The molecule has 0 rings (SSSR count). The molecule has 0 fully saturated rings. The van der Waals surface area contributed by atoms with Crippen LogP contribution in [-0.2, 0) is 4.74 Å². The molecule has 0 amide bonds. The van der Waals surface area contributed by atoms with Gasteiger partial charge in [0, 0.05) is 12.6 Å². The van der Waals surface area contributed by atoms with Crippen LogP contribution in [0.2, 0.25) is 0 Å². The highest BCUT2D eigenvalue weighted by Gasteiger charge is 1.99. The topological polar surface area (TPSA) is 21.3 Å². The van der Waals surface area contributed by atoms with Crippen molar-refractivity contribution in [2.75, 3.05) is 13.2 Å². The summed E-state index contributed by atoms with van der Waals surface area (Å²) in [5.74, 6) is 0. The molecule has 0 aromatic heterocycles. The molecule has 0 bridgehead atoms. The lowest BCUT2D eigenvalue weighted by atomic mass is 10.2. The Bertz CT molecular complexity index is 83.6. The van der Waals surface area contributed by atoms with Gasteiger partial charge >= 0.3 is 0 Å². The van der Waals surface area contributed by atoms with E-state index >= 15 is 0 Å². The van der Waals surface area contributed by atoms with Crippen molar-refractivity contribution in [3.8, 4) is 0 Å². The van der Waals surface area contributed by atoms with E-state index < -0.39 is 0 Å². The zero-order chi connectivity index (χ0) is 8.69. The second-order valence-corrected chi connectivity index (χ2v) is 3.16. The summed E-state index contributed by atoms with van der Waals surface area (Å²) in [4.78, 5) is 0. The molecule has 1 unspecified atom stereocenters. The monoisotopic (exact) mass is 159 g/mol. The van der Waals surface area contributed by atoms with E-state index in [2.05, 4.69) is 26.1 Å². The van der Waals surface area contributed by atoms with Crippen LogP contribution in [0.4, 0.5) is 0 Å². The minimum absolute atomic E-state index is 0.395. The third-order valence-electron chi connectivity index (χ3n) is 1.55. The van der Waals surface area contributed by atoms with Gasteiger partial charge in [-0.15, -0.1) is 0 Å². The van der Waals surface area contributed by atoms with Crippen molar-refractivity contribution in [3.05, 3.63) is 0 Å².